The molecule has 0 bridgehead atoms. The van der Waals surface area contributed by atoms with Crippen molar-refractivity contribution in [2.75, 3.05) is 24.7 Å². The Labute approximate surface area is 105 Å². The highest BCUT2D eigenvalue weighted by molar-refractivity contribution is 7.99. The van der Waals surface area contributed by atoms with Crippen LogP contribution in [0, 0.1) is 0 Å². The first-order chi connectivity index (χ1) is 8.27. The minimum atomic E-state index is -0.135. The smallest absolute Gasteiger partial charge is 0.271 e. The van der Waals surface area contributed by atoms with Crippen LogP contribution in [0.25, 0.3) is 0 Å². The summed E-state index contributed by atoms with van der Waals surface area (Å²) in [5, 5.41) is 18.1. The number of rotatable bonds is 8. The Balaban J connectivity index is 2.16. The van der Waals surface area contributed by atoms with E-state index in [0.717, 1.165) is 30.0 Å². The molecular weight excluding hydrogens is 238 g/mol. The van der Waals surface area contributed by atoms with E-state index in [4.69, 9.17) is 5.11 Å². The average molecular weight is 257 g/mol. The van der Waals surface area contributed by atoms with Crippen molar-refractivity contribution in [3.63, 3.8) is 0 Å². The van der Waals surface area contributed by atoms with Gasteiger partial charge >= 0.3 is 0 Å². The van der Waals surface area contributed by atoms with Crippen LogP contribution >= 0.6 is 11.8 Å². The van der Waals surface area contributed by atoms with Crippen LogP contribution < -0.4 is 5.32 Å². The molecule has 0 spiro atoms. The molecular formula is C11H19N3O2S. The molecule has 17 heavy (non-hydrogen) atoms. The van der Waals surface area contributed by atoms with Crippen molar-refractivity contribution in [2.24, 2.45) is 0 Å². The Hall–Kier alpha value is -1.01. The SMILES string of the molecule is CCc1cc(C(=O)NCCSCCCO)n[nH]1. The van der Waals surface area contributed by atoms with E-state index in [1.54, 1.807) is 17.8 Å². The van der Waals surface area contributed by atoms with Gasteiger partial charge in [-0.3, -0.25) is 9.89 Å². The van der Waals surface area contributed by atoms with Gasteiger partial charge in [0.05, 0.1) is 0 Å². The van der Waals surface area contributed by atoms with Gasteiger partial charge in [0.1, 0.15) is 5.69 Å². The molecule has 0 atom stereocenters. The zero-order valence-corrected chi connectivity index (χ0v) is 10.8. The first-order valence-electron chi connectivity index (χ1n) is 5.79. The lowest BCUT2D eigenvalue weighted by Gasteiger charge is -2.02. The zero-order chi connectivity index (χ0) is 12.5. The van der Waals surface area contributed by atoms with Gasteiger partial charge in [0.15, 0.2) is 0 Å². The summed E-state index contributed by atoms with van der Waals surface area (Å²) in [5.41, 5.74) is 1.41. The van der Waals surface area contributed by atoms with Crippen LogP contribution in [0.15, 0.2) is 6.07 Å². The van der Waals surface area contributed by atoms with E-state index in [1.165, 1.54) is 0 Å². The number of nitrogens with zero attached hydrogens (tertiary/aromatic N) is 1. The van der Waals surface area contributed by atoms with Crippen LogP contribution in [0.2, 0.25) is 0 Å². The second-order valence-electron chi connectivity index (χ2n) is 3.58. The van der Waals surface area contributed by atoms with E-state index < -0.39 is 0 Å². The Morgan fingerprint density at radius 1 is 1.59 bits per heavy atom. The summed E-state index contributed by atoms with van der Waals surface area (Å²) < 4.78 is 0. The Morgan fingerprint density at radius 2 is 2.41 bits per heavy atom. The third-order valence-electron chi connectivity index (χ3n) is 2.22. The minimum absolute atomic E-state index is 0.135. The number of hydrogen-bond donors (Lipinski definition) is 3. The van der Waals surface area contributed by atoms with Crippen molar-refractivity contribution in [3.05, 3.63) is 17.5 Å². The first-order valence-corrected chi connectivity index (χ1v) is 6.94. The van der Waals surface area contributed by atoms with Crippen molar-refractivity contribution in [1.82, 2.24) is 15.5 Å². The maximum absolute atomic E-state index is 11.6. The summed E-state index contributed by atoms with van der Waals surface area (Å²) >= 11 is 1.72. The van der Waals surface area contributed by atoms with Gasteiger partial charge in [0, 0.05) is 24.6 Å². The van der Waals surface area contributed by atoms with E-state index in [0.29, 0.717) is 12.2 Å². The Bertz CT molecular complexity index is 341. The molecule has 5 nitrogen and oxygen atoms in total. The number of H-pyrrole nitrogens is 1. The molecule has 96 valence electrons. The molecule has 0 aromatic carbocycles. The third-order valence-corrected chi connectivity index (χ3v) is 3.29. The molecule has 0 radical (unpaired) electrons. The molecule has 0 unspecified atom stereocenters. The normalized spacial score (nSPS) is 10.5. The lowest BCUT2D eigenvalue weighted by molar-refractivity contribution is 0.0951. The number of hydrogen-bond acceptors (Lipinski definition) is 4. The van der Waals surface area contributed by atoms with Gasteiger partial charge in [-0.25, -0.2) is 0 Å². The number of aromatic nitrogens is 2. The van der Waals surface area contributed by atoms with Crippen LogP contribution in [0.4, 0.5) is 0 Å². The summed E-state index contributed by atoms with van der Waals surface area (Å²) in [7, 11) is 0. The molecule has 0 aliphatic rings. The monoisotopic (exact) mass is 257 g/mol. The van der Waals surface area contributed by atoms with Crippen molar-refractivity contribution in [2.45, 2.75) is 19.8 Å². The molecule has 0 saturated heterocycles. The number of amides is 1. The van der Waals surface area contributed by atoms with Crippen LogP contribution in [-0.2, 0) is 6.42 Å². The number of aliphatic hydroxyl groups is 1. The molecule has 1 amide bonds. The van der Waals surface area contributed by atoms with Crippen LogP contribution in [-0.4, -0.2) is 45.9 Å². The third kappa shape index (κ3) is 5.23. The van der Waals surface area contributed by atoms with Gasteiger partial charge in [-0.1, -0.05) is 6.92 Å². The highest BCUT2D eigenvalue weighted by atomic mass is 32.2. The van der Waals surface area contributed by atoms with E-state index in [9.17, 15) is 4.79 Å². The second-order valence-corrected chi connectivity index (χ2v) is 4.80. The molecule has 1 aromatic heterocycles. The second kappa shape index (κ2) is 8.14. The average Bonchev–Trinajstić information content (AvgIpc) is 2.82. The lowest BCUT2D eigenvalue weighted by Crippen LogP contribution is -2.26. The summed E-state index contributed by atoms with van der Waals surface area (Å²) in [4.78, 5) is 11.6. The fourth-order valence-electron chi connectivity index (χ4n) is 1.26. The number of nitrogens with one attached hydrogen (secondary N) is 2. The van der Waals surface area contributed by atoms with E-state index in [2.05, 4.69) is 15.5 Å². The number of thioether (sulfide) groups is 1. The van der Waals surface area contributed by atoms with Crippen LogP contribution in [0.5, 0.6) is 0 Å². The summed E-state index contributed by atoms with van der Waals surface area (Å²) in [6.45, 7) is 2.86. The van der Waals surface area contributed by atoms with E-state index >= 15 is 0 Å². The van der Waals surface area contributed by atoms with Crippen molar-refractivity contribution in [3.8, 4) is 0 Å². The summed E-state index contributed by atoms with van der Waals surface area (Å²) in [6, 6.07) is 1.77. The molecule has 6 heteroatoms. The topological polar surface area (TPSA) is 78.0 Å². The van der Waals surface area contributed by atoms with Gasteiger partial charge in [0.2, 0.25) is 0 Å². The van der Waals surface area contributed by atoms with Gasteiger partial charge in [-0.2, -0.15) is 16.9 Å². The highest BCUT2D eigenvalue weighted by Gasteiger charge is 2.08. The van der Waals surface area contributed by atoms with Crippen molar-refractivity contribution < 1.29 is 9.90 Å². The maximum Gasteiger partial charge on any atom is 0.271 e. The predicted octanol–water partition coefficient (Wildman–Crippen LogP) is 0.817. The zero-order valence-electron chi connectivity index (χ0n) is 10.0. The predicted molar refractivity (Wildman–Crippen MR) is 69.3 cm³/mol. The summed E-state index contributed by atoms with van der Waals surface area (Å²) in [6.07, 6.45) is 1.65. The van der Waals surface area contributed by atoms with Crippen molar-refractivity contribution in [1.29, 1.82) is 0 Å². The number of aryl methyl sites for hydroxylation is 1. The maximum atomic E-state index is 11.6. The molecule has 0 fully saturated rings. The molecule has 1 aromatic rings. The first kappa shape index (κ1) is 14.1. The Kier molecular flexibility index (Phi) is 6.73. The quantitative estimate of drug-likeness (QED) is 0.602. The van der Waals surface area contributed by atoms with Gasteiger partial charge in [-0.05, 0) is 24.7 Å². The van der Waals surface area contributed by atoms with E-state index in [-0.39, 0.29) is 12.5 Å². The van der Waals surface area contributed by atoms with Crippen LogP contribution in [0.1, 0.15) is 29.5 Å². The molecule has 0 aliphatic heterocycles. The number of carbonyl (C=O) groups excluding carboxylic acids is 1. The summed E-state index contributed by atoms with van der Waals surface area (Å²) in [5.74, 6) is 1.65. The van der Waals surface area contributed by atoms with E-state index in [1.807, 2.05) is 6.92 Å². The fourth-order valence-corrected chi connectivity index (χ4v) is 2.04. The largest absolute Gasteiger partial charge is 0.396 e. The fraction of sp³-hybridized carbons (Fsp3) is 0.636. The molecule has 1 rings (SSSR count). The highest BCUT2D eigenvalue weighted by Crippen LogP contribution is 2.02. The minimum Gasteiger partial charge on any atom is -0.396 e. The molecule has 3 N–H and O–H groups in total. The lowest BCUT2D eigenvalue weighted by atomic mass is 10.3. The van der Waals surface area contributed by atoms with Gasteiger partial charge in [0.25, 0.3) is 5.91 Å². The van der Waals surface area contributed by atoms with Crippen LogP contribution in [0.3, 0.4) is 0 Å². The molecule has 0 aliphatic carbocycles. The molecule has 1 heterocycles. The molecule has 0 saturated carbocycles. The van der Waals surface area contributed by atoms with Gasteiger partial charge < -0.3 is 10.4 Å². The standard InChI is InChI=1S/C11H19N3O2S/c1-2-9-8-10(14-13-9)11(16)12-4-7-17-6-3-5-15/h8,15H,2-7H2,1H3,(H,12,16)(H,13,14). The number of aromatic amines is 1. The Morgan fingerprint density at radius 3 is 3.06 bits per heavy atom. The number of aliphatic hydroxyl groups excluding tert-OH is 1. The van der Waals surface area contributed by atoms with Gasteiger partial charge in [-0.15, -0.1) is 0 Å². The number of carbonyl (C=O) groups is 1. The van der Waals surface area contributed by atoms with Crippen molar-refractivity contribution >= 4 is 17.7 Å².